The summed E-state index contributed by atoms with van der Waals surface area (Å²) in [6.07, 6.45) is 1.73. The fraction of sp³-hybridized carbons (Fsp3) is 0.250. The van der Waals surface area contributed by atoms with Gasteiger partial charge in [-0.2, -0.15) is 0 Å². The lowest BCUT2D eigenvalue weighted by Crippen LogP contribution is -2.05. The van der Waals surface area contributed by atoms with E-state index < -0.39 is 0 Å². The Morgan fingerprint density at radius 2 is 2.12 bits per heavy atom. The quantitative estimate of drug-likeness (QED) is 0.854. The van der Waals surface area contributed by atoms with Crippen LogP contribution in [0, 0.1) is 6.92 Å². The molecule has 4 nitrogen and oxygen atoms in total. The van der Waals surface area contributed by atoms with Gasteiger partial charge >= 0.3 is 0 Å². The monoisotopic (exact) mass is 217 g/mol. The Bertz CT molecular complexity index is 491. The van der Waals surface area contributed by atoms with Crippen molar-refractivity contribution in [3.8, 4) is 5.75 Å². The van der Waals surface area contributed by atoms with Gasteiger partial charge in [0.2, 0.25) is 0 Å². The van der Waals surface area contributed by atoms with Crippen LogP contribution in [0.4, 0.5) is 5.95 Å². The molecule has 0 saturated heterocycles. The molecule has 2 aromatic rings. The number of ether oxygens (including phenoxy) is 1. The minimum absolute atomic E-state index is 0.478. The van der Waals surface area contributed by atoms with Gasteiger partial charge < -0.3 is 15.0 Å². The topological polar surface area (TPSA) is 53.1 Å². The third kappa shape index (κ3) is 2.00. The van der Waals surface area contributed by atoms with Crippen LogP contribution in [0.3, 0.4) is 0 Å². The van der Waals surface area contributed by atoms with Gasteiger partial charge in [0.1, 0.15) is 12.4 Å². The fourth-order valence-corrected chi connectivity index (χ4v) is 1.47. The Labute approximate surface area is 94.7 Å². The Morgan fingerprint density at radius 1 is 1.38 bits per heavy atom. The van der Waals surface area contributed by atoms with Crippen LogP contribution in [0.5, 0.6) is 5.75 Å². The molecule has 0 aliphatic rings. The fourth-order valence-electron chi connectivity index (χ4n) is 1.47. The number of aryl methyl sites for hydroxylation is 1. The third-order valence-corrected chi connectivity index (χ3v) is 2.59. The Balaban J connectivity index is 2.08. The number of aromatic nitrogens is 2. The van der Waals surface area contributed by atoms with Crippen molar-refractivity contribution in [2.24, 2.45) is 7.05 Å². The first-order valence-electron chi connectivity index (χ1n) is 5.13. The number of nitrogens with two attached hydrogens (primary N) is 1. The van der Waals surface area contributed by atoms with Gasteiger partial charge in [0.25, 0.3) is 0 Å². The van der Waals surface area contributed by atoms with Gasteiger partial charge in [-0.05, 0) is 18.6 Å². The van der Waals surface area contributed by atoms with Gasteiger partial charge in [-0.3, -0.25) is 0 Å². The lowest BCUT2D eigenvalue weighted by atomic mass is 10.2. The number of hydrogen-bond acceptors (Lipinski definition) is 3. The van der Waals surface area contributed by atoms with Crippen LogP contribution in [0.25, 0.3) is 0 Å². The average Bonchev–Trinajstić information content (AvgIpc) is 2.59. The molecular weight excluding hydrogens is 202 g/mol. The van der Waals surface area contributed by atoms with E-state index in [4.69, 9.17) is 10.5 Å². The highest BCUT2D eigenvalue weighted by Crippen LogP contribution is 2.18. The van der Waals surface area contributed by atoms with Crippen molar-refractivity contribution in [3.63, 3.8) is 0 Å². The predicted molar refractivity (Wildman–Crippen MR) is 63.1 cm³/mol. The zero-order valence-corrected chi connectivity index (χ0v) is 9.47. The molecule has 0 unspecified atom stereocenters. The van der Waals surface area contributed by atoms with Crippen molar-refractivity contribution in [2.75, 3.05) is 5.73 Å². The largest absolute Gasteiger partial charge is 0.487 e. The minimum atomic E-state index is 0.478. The number of nitrogen functional groups attached to an aromatic ring is 1. The molecule has 0 aliphatic carbocycles. The summed E-state index contributed by atoms with van der Waals surface area (Å²) in [5.41, 5.74) is 7.72. The standard InChI is InChI=1S/C12H15N3O/c1-9-5-3-4-6-11(9)16-8-10-7-14-12(13)15(10)2/h3-7H,8H2,1-2H3,(H2,13,14). The Kier molecular flexibility index (Phi) is 2.81. The van der Waals surface area contributed by atoms with Gasteiger partial charge in [-0.25, -0.2) is 4.98 Å². The van der Waals surface area contributed by atoms with E-state index in [1.54, 1.807) is 6.20 Å². The molecule has 1 aromatic carbocycles. The van der Waals surface area contributed by atoms with Crippen molar-refractivity contribution in [1.82, 2.24) is 9.55 Å². The normalized spacial score (nSPS) is 10.4. The maximum atomic E-state index is 5.70. The molecule has 0 fully saturated rings. The minimum Gasteiger partial charge on any atom is -0.487 e. The van der Waals surface area contributed by atoms with Crippen LogP contribution in [0.15, 0.2) is 30.5 Å². The summed E-state index contributed by atoms with van der Waals surface area (Å²) >= 11 is 0. The molecule has 1 aromatic heterocycles. The number of anilines is 1. The van der Waals surface area contributed by atoms with Gasteiger partial charge in [0, 0.05) is 7.05 Å². The molecule has 0 atom stereocenters. The van der Waals surface area contributed by atoms with E-state index in [2.05, 4.69) is 4.98 Å². The second-order valence-electron chi connectivity index (χ2n) is 3.72. The van der Waals surface area contributed by atoms with Crippen molar-refractivity contribution in [1.29, 1.82) is 0 Å². The van der Waals surface area contributed by atoms with Crippen molar-refractivity contribution in [2.45, 2.75) is 13.5 Å². The molecule has 1 heterocycles. The summed E-state index contributed by atoms with van der Waals surface area (Å²) in [4.78, 5) is 4.01. The molecule has 4 heteroatoms. The predicted octanol–water partition coefficient (Wildman–Crippen LogP) is 1.89. The first-order chi connectivity index (χ1) is 7.68. The number of rotatable bonds is 3. The van der Waals surface area contributed by atoms with Gasteiger partial charge in [-0.1, -0.05) is 18.2 Å². The first kappa shape index (κ1) is 10.5. The van der Waals surface area contributed by atoms with Crippen LogP contribution in [-0.2, 0) is 13.7 Å². The first-order valence-corrected chi connectivity index (χ1v) is 5.13. The van der Waals surface area contributed by atoms with Crippen molar-refractivity contribution >= 4 is 5.95 Å². The number of hydrogen-bond donors (Lipinski definition) is 1. The van der Waals surface area contributed by atoms with Gasteiger partial charge in [0.05, 0.1) is 11.9 Å². The van der Waals surface area contributed by atoms with E-state index in [1.807, 2.05) is 42.8 Å². The second-order valence-corrected chi connectivity index (χ2v) is 3.72. The van der Waals surface area contributed by atoms with Crippen LogP contribution >= 0.6 is 0 Å². The Hall–Kier alpha value is -1.97. The molecular formula is C12H15N3O. The maximum absolute atomic E-state index is 5.70. The molecule has 0 bridgehead atoms. The summed E-state index contributed by atoms with van der Waals surface area (Å²) in [6.45, 7) is 2.50. The summed E-state index contributed by atoms with van der Waals surface area (Å²) in [5, 5.41) is 0. The van der Waals surface area contributed by atoms with E-state index in [0.717, 1.165) is 17.0 Å². The molecule has 0 amide bonds. The zero-order chi connectivity index (χ0) is 11.5. The van der Waals surface area contributed by atoms with Crippen molar-refractivity contribution in [3.05, 3.63) is 41.7 Å². The number of para-hydroxylation sites is 1. The Morgan fingerprint density at radius 3 is 2.75 bits per heavy atom. The zero-order valence-electron chi connectivity index (χ0n) is 9.47. The smallest absolute Gasteiger partial charge is 0.200 e. The highest BCUT2D eigenvalue weighted by Gasteiger charge is 2.04. The van der Waals surface area contributed by atoms with E-state index in [0.29, 0.717) is 12.6 Å². The molecule has 2 rings (SSSR count). The van der Waals surface area contributed by atoms with Crippen LogP contribution in [0.1, 0.15) is 11.3 Å². The summed E-state index contributed by atoms with van der Waals surface area (Å²) in [7, 11) is 1.87. The molecule has 0 spiro atoms. The van der Waals surface area contributed by atoms with Crippen LogP contribution in [0.2, 0.25) is 0 Å². The van der Waals surface area contributed by atoms with E-state index >= 15 is 0 Å². The third-order valence-electron chi connectivity index (χ3n) is 2.59. The van der Waals surface area contributed by atoms with Crippen molar-refractivity contribution < 1.29 is 4.74 Å². The van der Waals surface area contributed by atoms with Crippen LogP contribution in [-0.4, -0.2) is 9.55 Å². The molecule has 16 heavy (non-hydrogen) atoms. The molecule has 0 aliphatic heterocycles. The van der Waals surface area contributed by atoms with Gasteiger partial charge in [-0.15, -0.1) is 0 Å². The lowest BCUT2D eigenvalue weighted by molar-refractivity contribution is 0.295. The van der Waals surface area contributed by atoms with E-state index in [1.165, 1.54) is 0 Å². The second kappa shape index (κ2) is 4.26. The van der Waals surface area contributed by atoms with Crippen LogP contribution < -0.4 is 10.5 Å². The lowest BCUT2D eigenvalue weighted by Gasteiger charge is -2.09. The molecule has 0 radical (unpaired) electrons. The van der Waals surface area contributed by atoms with E-state index in [-0.39, 0.29) is 0 Å². The highest BCUT2D eigenvalue weighted by atomic mass is 16.5. The van der Waals surface area contributed by atoms with Gasteiger partial charge in [0.15, 0.2) is 5.95 Å². The number of benzene rings is 1. The summed E-state index contributed by atoms with van der Waals surface area (Å²) in [5.74, 6) is 1.39. The summed E-state index contributed by atoms with van der Waals surface area (Å²) < 4.78 is 7.52. The molecule has 0 saturated carbocycles. The molecule has 84 valence electrons. The highest BCUT2D eigenvalue weighted by molar-refractivity contribution is 5.32. The number of nitrogens with zero attached hydrogens (tertiary/aromatic N) is 2. The summed E-state index contributed by atoms with van der Waals surface area (Å²) in [6, 6.07) is 7.92. The van der Waals surface area contributed by atoms with E-state index in [9.17, 15) is 0 Å². The molecule has 2 N–H and O–H groups in total. The average molecular weight is 217 g/mol. The number of imidazole rings is 1. The SMILES string of the molecule is Cc1ccccc1OCc1cnc(N)n1C. The maximum Gasteiger partial charge on any atom is 0.200 e.